The first-order valence-electron chi connectivity index (χ1n) is 5.25. The molecule has 0 atom stereocenters. The summed E-state index contributed by atoms with van der Waals surface area (Å²) < 4.78 is 4.84. The topological polar surface area (TPSA) is 63.2 Å². The lowest BCUT2D eigenvalue weighted by atomic mass is 10.3. The number of nitrogens with one attached hydrogen (secondary N) is 2. The Morgan fingerprint density at radius 2 is 2.38 bits per heavy atom. The Balaban J connectivity index is 2.57. The number of pyridine rings is 1. The molecule has 0 aliphatic heterocycles. The lowest BCUT2D eigenvalue weighted by Gasteiger charge is -2.06. The maximum absolute atomic E-state index is 11.6. The van der Waals surface area contributed by atoms with Gasteiger partial charge in [0.15, 0.2) is 0 Å². The van der Waals surface area contributed by atoms with Crippen LogP contribution < -0.4 is 10.6 Å². The molecule has 1 rings (SSSR count). The summed E-state index contributed by atoms with van der Waals surface area (Å²) in [6.45, 7) is 3.80. The first kappa shape index (κ1) is 12.4. The summed E-state index contributed by atoms with van der Waals surface area (Å²) in [5.74, 6) is -0.184. The van der Waals surface area contributed by atoms with Crippen LogP contribution in [0.25, 0.3) is 0 Å². The zero-order valence-corrected chi connectivity index (χ0v) is 9.62. The highest BCUT2D eigenvalue weighted by Gasteiger charge is 2.06. The van der Waals surface area contributed by atoms with Crippen LogP contribution in [-0.2, 0) is 4.74 Å². The van der Waals surface area contributed by atoms with E-state index in [-0.39, 0.29) is 5.91 Å². The van der Waals surface area contributed by atoms with E-state index in [1.165, 1.54) is 0 Å². The molecule has 1 heterocycles. The van der Waals surface area contributed by atoms with Crippen LogP contribution in [-0.4, -0.2) is 37.7 Å². The Morgan fingerprint density at radius 1 is 1.56 bits per heavy atom. The van der Waals surface area contributed by atoms with Crippen molar-refractivity contribution in [3.63, 3.8) is 0 Å². The van der Waals surface area contributed by atoms with Crippen molar-refractivity contribution in [1.82, 2.24) is 10.3 Å². The van der Waals surface area contributed by atoms with Crippen molar-refractivity contribution in [2.45, 2.75) is 6.92 Å². The summed E-state index contributed by atoms with van der Waals surface area (Å²) in [5.41, 5.74) is 1.31. The van der Waals surface area contributed by atoms with E-state index >= 15 is 0 Å². The molecule has 0 spiro atoms. The van der Waals surface area contributed by atoms with Gasteiger partial charge >= 0.3 is 0 Å². The number of carbonyl (C=O) groups is 1. The number of nitrogens with zero attached hydrogens (tertiary/aromatic N) is 1. The number of rotatable bonds is 6. The molecule has 16 heavy (non-hydrogen) atoms. The first-order chi connectivity index (χ1) is 7.77. The van der Waals surface area contributed by atoms with Gasteiger partial charge in [0.2, 0.25) is 0 Å². The zero-order chi connectivity index (χ0) is 11.8. The number of methoxy groups -OCH3 is 1. The summed E-state index contributed by atoms with van der Waals surface area (Å²) in [7, 11) is 1.59. The van der Waals surface area contributed by atoms with Crippen LogP contribution in [0, 0.1) is 0 Å². The van der Waals surface area contributed by atoms with Gasteiger partial charge in [-0.2, -0.15) is 0 Å². The van der Waals surface area contributed by atoms with Gasteiger partial charge in [-0.25, -0.2) is 0 Å². The van der Waals surface area contributed by atoms with E-state index in [1.54, 1.807) is 19.4 Å². The van der Waals surface area contributed by atoms with Crippen LogP contribution in [0.3, 0.4) is 0 Å². The first-order valence-corrected chi connectivity index (χ1v) is 5.25. The number of amides is 1. The van der Waals surface area contributed by atoms with Crippen molar-refractivity contribution in [3.05, 3.63) is 24.0 Å². The average Bonchev–Trinajstić information content (AvgIpc) is 2.30. The van der Waals surface area contributed by atoms with Crippen molar-refractivity contribution in [1.29, 1.82) is 0 Å². The van der Waals surface area contributed by atoms with Crippen LogP contribution in [0.15, 0.2) is 18.3 Å². The molecule has 0 bridgehead atoms. The molecule has 2 N–H and O–H groups in total. The molecule has 1 aromatic heterocycles. The predicted molar refractivity (Wildman–Crippen MR) is 62.6 cm³/mol. The molecule has 0 saturated carbocycles. The minimum atomic E-state index is -0.184. The molecule has 5 heteroatoms. The second kappa shape index (κ2) is 6.79. The molecule has 0 fully saturated rings. The third kappa shape index (κ3) is 3.86. The van der Waals surface area contributed by atoms with Crippen LogP contribution in [0.4, 0.5) is 5.69 Å². The zero-order valence-electron chi connectivity index (χ0n) is 9.62. The Bertz CT molecular complexity index is 342. The largest absolute Gasteiger partial charge is 0.385 e. The Hall–Kier alpha value is -1.62. The fourth-order valence-corrected chi connectivity index (χ4v) is 1.23. The van der Waals surface area contributed by atoms with Crippen LogP contribution in [0.1, 0.15) is 17.4 Å². The monoisotopic (exact) mass is 223 g/mol. The molecule has 1 amide bonds. The number of hydrogen-bond acceptors (Lipinski definition) is 4. The molecule has 0 aliphatic rings. The van der Waals surface area contributed by atoms with Crippen LogP contribution >= 0.6 is 0 Å². The van der Waals surface area contributed by atoms with Gasteiger partial charge in [0.25, 0.3) is 5.91 Å². The third-order valence-corrected chi connectivity index (χ3v) is 1.97. The third-order valence-electron chi connectivity index (χ3n) is 1.97. The smallest absolute Gasteiger partial charge is 0.270 e. The van der Waals surface area contributed by atoms with Gasteiger partial charge in [0.05, 0.1) is 6.61 Å². The van der Waals surface area contributed by atoms with Gasteiger partial charge in [-0.15, -0.1) is 0 Å². The van der Waals surface area contributed by atoms with E-state index in [0.717, 1.165) is 12.2 Å². The van der Waals surface area contributed by atoms with Crippen molar-refractivity contribution in [3.8, 4) is 0 Å². The van der Waals surface area contributed by atoms with E-state index in [4.69, 9.17) is 4.74 Å². The highest BCUT2D eigenvalue weighted by atomic mass is 16.5. The number of aromatic nitrogens is 1. The lowest BCUT2D eigenvalue weighted by Crippen LogP contribution is -2.27. The van der Waals surface area contributed by atoms with E-state index in [2.05, 4.69) is 15.6 Å². The number of hydrogen-bond donors (Lipinski definition) is 2. The summed E-state index contributed by atoms with van der Waals surface area (Å²) in [5, 5.41) is 5.84. The normalized spacial score (nSPS) is 9.88. The summed E-state index contributed by atoms with van der Waals surface area (Å²) in [4.78, 5) is 15.6. The maximum atomic E-state index is 11.6. The van der Waals surface area contributed by atoms with Gasteiger partial charge in [-0.05, 0) is 19.1 Å². The molecule has 88 valence electrons. The molecule has 0 unspecified atom stereocenters. The summed E-state index contributed by atoms with van der Waals surface area (Å²) in [6, 6.07) is 3.56. The highest BCUT2D eigenvalue weighted by molar-refractivity contribution is 5.93. The second-order valence-corrected chi connectivity index (χ2v) is 3.21. The molecule has 0 aliphatic carbocycles. The Labute approximate surface area is 95.2 Å². The molecule has 5 nitrogen and oxygen atoms in total. The van der Waals surface area contributed by atoms with Crippen molar-refractivity contribution in [2.75, 3.05) is 32.1 Å². The van der Waals surface area contributed by atoms with Gasteiger partial charge in [-0.1, -0.05) is 0 Å². The van der Waals surface area contributed by atoms with E-state index in [0.29, 0.717) is 18.8 Å². The molecule has 0 saturated heterocycles. The number of anilines is 1. The molecule has 0 radical (unpaired) electrons. The SMILES string of the molecule is CCNc1ccnc(C(=O)NCCOC)c1. The minimum absolute atomic E-state index is 0.184. The van der Waals surface area contributed by atoms with E-state index < -0.39 is 0 Å². The summed E-state index contributed by atoms with van der Waals surface area (Å²) >= 11 is 0. The standard InChI is InChI=1S/C11H17N3O2/c1-3-12-9-4-5-13-10(8-9)11(15)14-6-7-16-2/h4-5,8H,3,6-7H2,1-2H3,(H,12,13)(H,14,15). The lowest BCUT2D eigenvalue weighted by molar-refractivity contribution is 0.0932. The highest BCUT2D eigenvalue weighted by Crippen LogP contribution is 2.07. The van der Waals surface area contributed by atoms with Gasteiger partial charge < -0.3 is 15.4 Å². The van der Waals surface area contributed by atoms with Crippen molar-refractivity contribution >= 4 is 11.6 Å². The quantitative estimate of drug-likeness (QED) is 0.703. The fourth-order valence-electron chi connectivity index (χ4n) is 1.23. The van der Waals surface area contributed by atoms with Crippen LogP contribution in [0.5, 0.6) is 0 Å². The fraction of sp³-hybridized carbons (Fsp3) is 0.455. The van der Waals surface area contributed by atoms with Crippen molar-refractivity contribution in [2.24, 2.45) is 0 Å². The Kier molecular flexibility index (Phi) is 5.28. The maximum Gasteiger partial charge on any atom is 0.270 e. The minimum Gasteiger partial charge on any atom is -0.385 e. The van der Waals surface area contributed by atoms with Gasteiger partial charge in [0, 0.05) is 32.1 Å². The Morgan fingerprint density at radius 3 is 3.06 bits per heavy atom. The molecular weight excluding hydrogens is 206 g/mol. The number of carbonyl (C=O) groups excluding carboxylic acids is 1. The van der Waals surface area contributed by atoms with E-state index in [9.17, 15) is 4.79 Å². The van der Waals surface area contributed by atoms with E-state index in [1.807, 2.05) is 13.0 Å². The molecule has 1 aromatic rings. The van der Waals surface area contributed by atoms with Gasteiger partial charge in [-0.3, -0.25) is 9.78 Å². The second-order valence-electron chi connectivity index (χ2n) is 3.21. The number of ether oxygens (including phenoxy) is 1. The summed E-state index contributed by atoms with van der Waals surface area (Å²) in [6.07, 6.45) is 1.61. The van der Waals surface area contributed by atoms with Crippen molar-refractivity contribution < 1.29 is 9.53 Å². The van der Waals surface area contributed by atoms with Crippen LogP contribution in [0.2, 0.25) is 0 Å². The molecular formula is C11H17N3O2. The predicted octanol–water partition coefficient (Wildman–Crippen LogP) is 0.890. The van der Waals surface area contributed by atoms with Gasteiger partial charge in [0.1, 0.15) is 5.69 Å². The molecule has 0 aromatic carbocycles. The average molecular weight is 223 g/mol.